The van der Waals surface area contributed by atoms with Crippen LogP contribution in [-0.4, -0.2) is 25.7 Å². The second-order valence-corrected chi connectivity index (χ2v) is 6.32. The van der Waals surface area contributed by atoms with Gasteiger partial charge >= 0.3 is 0 Å². The van der Waals surface area contributed by atoms with E-state index in [9.17, 15) is 4.79 Å². The van der Waals surface area contributed by atoms with E-state index in [-0.39, 0.29) is 25.4 Å². The molecule has 0 bridgehead atoms. The van der Waals surface area contributed by atoms with Gasteiger partial charge in [-0.15, -0.1) is 0 Å². The van der Waals surface area contributed by atoms with Gasteiger partial charge in [0.1, 0.15) is 16.5 Å². The molecule has 0 saturated carbocycles. The van der Waals surface area contributed by atoms with E-state index in [1.165, 1.54) is 0 Å². The number of carbonyl (C=O) groups excluding carboxylic acids is 1. The van der Waals surface area contributed by atoms with Crippen molar-refractivity contribution in [3.05, 3.63) is 52.5 Å². The molecule has 0 N–H and O–H groups in total. The summed E-state index contributed by atoms with van der Waals surface area (Å²) in [5.41, 5.74) is 0.708. The van der Waals surface area contributed by atoms with E-state index in [2.05, 4.69) is 6.07 Å². The van der Waals surface area contributed by atoms with Gasteiger partial charge in [-0.1, -0.05) is 29.3 Å². The van der Waals surface area contributed by atoms with Gasteiger partial charge in [-0.3, -0.25) is 4.79 Å². The van der Waals surface area contributed by atoms with Crippen LogP contribution in [0.4, 0.5) is 5.69 Å². The van der Waals surface area contributed by atoms with Crippen LogP contribution in [0.1, 0.15) is 19.8 Å². The number of hydrogen-bond acceptors (Lipinski definition) is 4. The number of nitriles is 1. The van der Waals surface area contributed by atoms with Crippen molar-refractivity contribution in [3.8, 4) is 17.6 Å². The quantitative estimate of drug-likeness (QED) is 0.580. The van der Waals surface area contributed by atoms with Crippen LogP contribution in [-0.2, 0) is 4.79 Å². The summed E-state index contributed by atoms with van der Waals surface area (Å²) in [6.45, 7) is 2.93. The number of halogens is 2. The highest BCUT2D eigenvalue weighted by molar-refractivity contribution is 6.42. The van der Waals surface area contributed by atoms with E-state index in [4.69, 9.17) is 37.9 Å². The van der Waals surface area contributed by atoms with Gasteiger partial charge in [-0.2, -0.15) is 5.26 Å². The molecule has 5 nitrogen and oxygen atoms in total. The third-order valence-corrected chi connectivity index (χ3v) is 4.50. The first-order valence-corrected chi connectivity index (χ1v) is 9.29. The average Bonchev–Trinajstić information content (AvgIpc) is 2.67. The first-order chi connectivity index (χ1) is 13.1. The maximum atomic E-state index is 12.6. The smallest absolute Gasteiger partial charge is 0.230 e. The van der Waals surface area contributed by atoms with Crippen molar-refractivity contribution in [2.45, 2.75) is 19.8 Å². The maximum Gasteiger partial charge on any atom is 0.230 e. The van der Waals surface area contributed by atoms with Gasteiger partial charge in [0.15, 0.2) is 0 Å². The fourth-order valence-corrected chi connectivity index (χ4v) is 2.77. The summed E-state index contributed by atoms with van der Waals surface area (Å²) in [6, 6.07) is 14.4. The van der Waals surface area contributed by atoms with Crippen molar-refractivity contribution in [1.82, 2.24) is 0 Å². The van der Waals surface area contributed by atoms with E-state index in [1.54, 1.807) is 47.4 Å². The number of nitrogens with zero attached hydrogens (tertiary/aromatic N) is 2. The zero-order valence-corrected chi connectivity index (χ0v) is 16.5. The SMILES string of the molecule is CCOc1ccc(N(CCC#N)C(=O)CCOc2cccc(Cl)c2Cl)cc1. The summed E-state index contributed by atoms with van der Waals surface area (Å²) in [7, 11) is 0. The monoisotopic (exact) mass is 406 g/mol. The molecule has 0 aliphatic rings. The summed E-state index contributed by atoms with van der Waals surface area (Å²) in [6.07, 6.45) is 0.376. The molecule has 7 heteroatoms. The molecule has 0 spiro atoms. The number of amides is 1. The average molecular weight is 407 g/mol. The highest BCUT2D eigenvalue weighted by Gasteiger charge is 2.16. The Kier molecular flexibility index (Phi) is 8.25. The molecule has 0 saturated heterocycles. The Balaban J connectivity index is 2.01. The normalized spacial score (nSPS) is 10.1. The van der Waals surface area contributed by atoms with Crippen molar-refractivity contribution < 1.29 is 14.3 Å². The second-order valence-electron chi connectivity index (χ2n) is 5.53. The zero-order valence-electron chi connectivity index (χ0n) is 15.0. The van der Waals surface area contributed by atoms with Gasteiger partial charge in [-0.25, -0.2) is 0 Å². The summed E-state index contributed by atoms with van der Waals surface area (Å²) < 4.78 is 11.0. The largest absolute Gasteiger partial charge is 0.494 e. The molecule has 142 valence electrons. The molecule has 2 aromatic rings. The van der Waals surface area contributed by atoms with E-state index < -0.39 is 0 Å². The summed E-state index contributed by atoms with van der Waals surface area (Å²) in [5.74, 6) is 1.02. The van der Waals surface area contributed by atoms with E-state index in [0.717, 1.165) is 5.75 Å². The Morgan fingerprint density at radius 3 is 2.56 bits per heavy atom. The molecule has 0 heterocycles. The Labute approximate surface area is 169 Å². The Bertz CT molecular complexity index is 804. The van der Waals surface area contributed by atoms with E-state index in [1.807, 2.05) is 6.92 Å². The maximum absolute atomic E-state index is 12.6. The third-order valence-electron chi connectivity index (χ3n) is 3.70. The number of rotatable bonds is 9. The molecule has 1 amide bonds. The topological polar surface area (TPSA) is 62.6 Å². The highest BCUT2D eigenvalue weighted by Crippen LogP contribution is 2.31. The molecule has 2 aromatic carbocycles. The minimum absolute atomic E-state index is 0.140. The molecule has 0 radical (unpaired) electrons. The molecule has 0 aliphatic carbocycles. The number of anilines is 1. The van der Waals surface area contributed by atoms with Crippen molar-refractivity contribution in [3.63, 3.8) is 0 Å². The van der Waals surface area contributed by atoms with Crippen LogP contribution in [0.3, 0.4) is 0 Å². The fourth-order valence-electron chi connectivity index (χ4n) is 2.43. The minimum atomic E-state index is -0.146. The summed E-state index contributed by atoms with van der Waals surface area (Å²) in [5, 5.41) is 9.59. The molecule has 0 aromatic heterocycles. The van der Waals surface area contributed by atoms with Crippen LogP contribution in [0.2, 0.25) is 10.0 Å². The Hall–Kier alpha value is -2.42. The van der Waals surface area contributed by atoms with Crippen LogP contribution in [0.15, 0.2) is 42.5 Å². The van der Waals surface area contributed by atoms with Gasteiger partial charge in [0.05, 0.1) is 37.1 Å². The predicted octanol–water partition coefficient (Wildman–Crippen LogP) is 5.11. The van der Waals surface area contributed by atoms with Crippen molar-refractivity contribution in [2.24, 2.45) is 0 Å². The Morgan fingerprint density at radius 1 is 1.15 bits per heavy atom. The molecule has 0 aliphatic heterocycles. The highest BCUT2D eigenvalue weighted by atomic mass is 35.5. The van der Waals surface area contributed by atoms with E-state index >= 15 is 0 Å². The van der Waals surface area contributed by atoms with Crippen molar-refractivity contribution >= 4 is 34.8 Å². The van der Waals surface area contributed by atoms with Crippen LogP contribution < -0.4 is 14.4 Å². The first kappa shape index (κ1) is 20.9. The molecule has 0 fully saturated rings. The number of hydrogen-bond donors (Lipinski definition) is 0. The lowest BCUT2D eigenvalue weighted by atomic mass is 10.2. The number of benzene rings is 2. The molecule has 2 rings (SSSR count). The predicted molar refractivity (Wildman–Crippen MR) is 107 cm³/mol. The molecule has 0 unspecified atom stereocenters. The van der Waals surface area contributed by atoms with Crippen LogP contribution in [0.5, 0.6) is 11.5 Å². The first-order valence-electron chi connectivity index (χ1n) is 8.53. The van der Waals surface area contributed by atoms with Gasteiger partial charge < -0.3 is 14.4 Å². The second kappa shape index (κ2) is 10.7. The van der Waals surface area contributed by atoms with E-state index in [0.29, 0.717) is 34.6 Å². The Morgan fingerprint density at radius 2 is 1.89 bits per heavy atom. The van der Waals surface area contributed by atoms with Gasteiger partial charge in [0.2, 0.25) is 5.91 Å². The number of carbonyl (C=O) groups is 1. The van der Waals surface area contributed by atoms with Crippen LogP contribution in [0, 0.1) is 11.3 Å². The van der Waals surface area contributed by atoms with Gasteiger partial charge in [0, 0.05) is 12.2 Å². The lowest BCUT2D eigenvalue weighted by Gasteiger charge is -2.22. The van der Waals surface area contributed by atoms with Crippen molar-refractivity contribution in [2.75, 3.05) is 24.7 Å². The molecular formula is C20H20Cl2N2O3. The minimum Gasteiger partial charge on any atom is -0.494 e. The lowest BCUT2D eigenvalue weighted by molar-refractivity contribution is -0.119. The van der Waals surface area contributed by atoms with Gasteiger partial charge in [-0.05, 0) is 43.3 Å². The van der Waals surface area contributed by atoms with Crippen molar-refractivity contribution in [1.29, 1.82) is 5.26 Å². The lowest BCUT2D eigenvalue weighted by Crippen LogP contribution is -2.32. The zero-order chi connectivity index (χ0) is 19.6. The third kappa shape index (κ3) is 6.06. The summed E-state index contributed by atoms with van der Waals surface area (Å²) in [4.78, 5) is 14.2. The fraction of sp³-hybridized carbons (Fsp3) is 0.300. The molecule has 27 heavy (non-hydrogen) atoms. The standard InChI is InChI=1S/C20H20Cl2N2O3/c1-2-26-16-9-7-15(8-10-16)24(13-4-12-23)19(25)11-14-27-18-6-3-5-17(21)20(18)22/h3,5-10H,2,4,11,13-14H2,1H3. The molecule has 0 atom stereocenters. The number of ether oxygens (including phenoxy) is 2. The van der Waals surface area contributed by atoms with Gasteiger partial charge in [0.25, 0.3) is 0 Å². The molecular weight excluding hydrogens is 387 g/mol. The van der Waals surface area contributed by atoms with Crippen LogP contribution >= 0.6 is 23.2 Å². The summed E-state index contributed by atoms with van der Waals surface area (Å²) >= 11 is 12.0. The van der Waals surface area contributed by atoms with Crippen LogP contribution in [0.25, 0.3) is 0 Å².